The third-order valence-corrected chi connectivity index (χ3v) is 8.22. The summed E-state index contributed by atoms with van der Waals surface area (Å²) in [5.41, 5.74) is -0.0598. The van der Waals surface area contributed by atoms with E-state index in [9.17, 15) is 20.2 Å². The Morgan fingerprint density at radius 2 is 0.957 bits per heavy atom. The van der Waals surface area contributed by atoms with Crippen molar-refractivity contribution in [2.45, 2.75) is 149 Å². The molecule has 0 N–H and O–H groups in total. The van der Waals surface area contributed by atoms with Crippen molar-refractivity contribution in [3.63, 3.8) is 0 Å². The molecule has 0 spiro atoms. The highest BCUT2D eigenvalue weighted by atomic mass is 16.6. The molecule has 9 heteroatoms. The topological polar surface area (TPSA) is 114 Å². The molecule has 0 atom stereocenters. The summed E-state index contributed by atoms with van der Waals surface area (Å²) in [6.07, 6.45) is 25.1. The number of ether oxygens (including phenoxy) is 3. The second-order valence-electron chi connectivity index (χ2n) is 12.3. The highest BCUT2D eigenvalue weighted by molar-refractivity contribution is 5.53. The first-order chi connectivity index (χ1) is 22.4. The van der Waals surface area contributed by atoms with E-state index in [4.69, 9.17) is 14.2 Å². The van der Waals surface area contributed by atoms with E-state index in [0.717, 1.165) is 37.3 Å². The van der Waals surface area contributed by atoms with Crippen LogP contribution in [0, 0.1) is 20.2 Å². The van der Waals surface area contributed by atoms with Crippen molar-refractivity contribution in [2.24, 2.45) is 0 Å². The van der Waals surface area contributed by atoms with E-state index in [2.05, 4.69) is 13.8 Å². The van der Waals surface area contributed by atoms with E-state index in [1.807, 2.05) is 18.2 Å². The zero-order chi connectivity index (χ0) is 33.2. The van der Waals surface area contributed by atoms with Crippen LogP contribution >= 0.6 is 0 Å². The minimum absolute atomic E-state index is 0.0277. The summed E-state index contributed by atoms with van der Waals surface area (Å²) in [5.74, 6) is 1.32. The molecule has 0 saturated heterocycles. The molecule has 0 radical (unpaired) electrons. The molecule has 0 heterocycles. The zero-order valence-corrected chi connectivity index (χ0v) is 28.5. The molecule has 46 heavy (non-hydrogen) atoms. The fraction of sp³-hybridized carbons (Fsp3) is 0.676. The molecular weight excluding hydrogens is 584 g/mol. The monoisotopic (exact) mass is 642 g/mol. The molecule has 0 bridgehead atoms. The lowest BCUT2D eigenvalue weighted by Crippen LogP contribution is -2.04. The minimum Gasteiger partial charge on any atom is -0.493 e. The van der Waals surface area contributed by atoms with Gasteiger partial charge >= 0.3 is 5.69 Å². The molecule has 2 aromatic carbocycles. The lowest BCUT2D eigenvalue weighted by Gasteiger charge is -2.13. The molecule has 0 fully saturated rings. The number of unbranched alkanes of at least 4 members (excludes halogenated alkanes) is 18. The number of rotatable bonds is 29. The minimum atomic E-state index is -0.671. The lowest BCUT2D eigenvalue weighted by atomic mass is 10.1. The van der Waals surface area contributed by atoms with Crippen molar-refractivity contribution in [2.75, 3.05) is 13.2 Å². The van der Waals surface area contributed by atoms with Gasteiger partial charge < -0.3 is 14.2 Å². The lowest BCUT2D eigenvalue weighted by molar-refractivity contribution is -0.394. The largest absolute Gasteiger partial charge is 0.493 e. The van der Waals surface area contributed by atoms with Crippen LogP contribution in [0.1, 0.15) is 148 Å². The maximum atomic E-state index is 11.5. The van der Waals surface area contributed by atoms with E-state index in [0.29, 0.717) is 24.7 Å². The molecule has 0 aromatic heterocycles. The van der Waals surface area contributed by atoms with Gasteiger partial charge in [-0.3, -0.25) is 20.2 Å². The summed E-state index contributed by atoms with van der Waals surface area (Å²) in [6.45, 7) is 5.73. The zero-order valence-electron chi connectivity index (χ0n) is 28.5. The number of nitrogens with zero attached hydrogens (tertiary/aromatic N) is 2. The summed E-state index contributed by atoms with van der Waals surface area (Å²) >= 11 is 0. The Balaban J connectivity index is 1.88. The number of hydrogen-bond donors (Lipinski definition) is 0. The number of hydrogen-bond acceptors (Lipinski definition) is 7. The molecule has 0 aliphatic rings. The third kappa shape index (κ3) is 17.4. The first-order valence-corrected chi connectivity index (χ1v) is 17.9. The van der Waals surface area contributed by atoms with Crippen LogP contribution in [0.2, 0.25) is 0 Å². The van der Waals surface area contributed by atoms with Gasteiger partial charge in [0.2, 0.25) is 0 Å². The third-order valence-electron chi connectivity index (χ3n) is 8.22. The summed E-state index contributed by atoms with van der Waals surface area (Å²) in [4.78, 5) is 21.3. The maximum absolute atomic E-state index is 11.5. The van der Waals surface area contributed by atoms with Crippen LogP contribution in [0.3, 0.4) is 0 Å². The van der Waals surface area contributed by atoms with Crippen LogP contribution in [-0.4, -0.2) is 23.1 Å². The van der Waals surface area contributed by atoms with Gasteiger partial charge in [-0.25, -0.2) is 0 Å². The van der Waals surface area contributed by atoms with Gasteiger partial charge in [0, 0.05) is 12.1 Å². The molecule has 258 valence electrons. The average Bonchev–Trinajstić information content (AvgIpc) is 3.05. The van der Waals surface area contributed by atoms with Crippen LogP contribution in [0.25, 0.3) is 0 Å². The Hall–Kier alpha value is -3.36. The standard InChI is InChI=1S/C37H58N2O7/c1-3-5-7-9-11-13-15-17-19-21-25-44-34-27-32(31-46-37-24-23-33(38(40)41)29-36(37)39(42)43)28-35(30-34)45-26-22-20-18-16-14-12-10-8-6-4-2/h23-24,27-30H,3-22,25-26,31H2,1-2H3. The van der Waals surface area contributed by atoms with E-state index >= 15 is 0 Å². The van der Waals surface area contributed by atoms with E-state index in [-0.39, 0.29) is 18.0 Å². The number of nitro groups is 2. The highest BCUT2D eigenvalue weighted by Gasteiger charge is 2.21. The van der Waals surface area contributed by atoms with Crippen LogP contribution in [-0.2, 0) is 6.61 Å². The predicted octanol–water partition coefficient (Wildman–Crippen LogP) is 11.7. The van der Waals surface area contributed by atoms with Crippen LogP contribution in [0.15, 0.2) is 36.4 Å². The summed E-state index contributed by atoms with van der Waals surface area (Å²) in [7, 11) is 0. The second-order valence-corrected chi connectivity index (χ2v) is 12.3. The highest BCUT2D eigenvalue weighted by Crippen LogP contribution is 2.32. The molecular formula is C37H58N2O7. The van der Waals surface area contributed by atoms with Crippen molar-refractivity contribution >= 4 is 11.4 Å². The average molecular weight is 643 g/mol. The molecule has 0 amide bonds. The van der Waals surface area contributed by atoms with Crippen molar-refractivity contribution < 1.29 is 24.1 Å². The molecule has 2 aromatic rings. The Morgan fingerprint density at radius 1 is 0.522 bits per heavy atom. The van der Waals surface area contributed by atoms with Crippen molar-refractivity contribution in [1.82, 2.24) is 0 Å². The predicted molar refractivity (Wildman–Crippen MR) is 185 cm³/mol. The molecule has 0 unspecified atom stereocenters. The number of non-ortho nitro benzene ring substituents is 1. The number of nitro benzene ring substituents is 2. The van der Waals surface area contributed by atoms with E-state index < -0.39 is 15.5 Å². The van der Waals surface area contributed by atoms with Gasteiger partial charge in [0.25, 0.3) is 5.69 Å². The molecule has 0 aliphatic heterocycles. The van der Waals surface area contributed by atoms with Crippen molar-refractivity contribution in [1.29, 1.82) is 0 Å². The smallest absolute Gasteiger partial charge is 0.317 e. The fourth-order valence-electron chi connectivity index (χ4n) is 5.48. The first-order valence-electron chi connectivity index (χ1n) is 17.9. The normalized spacial score (nSPS) is 11.0. The second kappa shape index (κ2) is 24.8. The molecule has 9 nitrogen and oxygen atoms in total. The first kappa shape index (κ1) is 38.8. The number of benzene rings is 2. The van der Waals surface area contributed by atoms with Gasteiger partial charge in [0.15, 0.2) is 5.75 Å². The van der Waals surface area contributed by atoms with E-state index in [1.54, 1.807) is 0 Å². The van der Waals surface area contributed by atoms with Gasteiger partial charge in [0.1, 0.15) is 18.1 Å². The van der Waals surface area contributed by atoms with Gasteiger partial charge in [-0.1, -0.05) is 129 Å². The molecule has 2 rings (SSSR count). The van der Waals surface area contributed by atoms with Crippen molar-refractivity contribution in [3.8, 4) is 17.2 Å². The van der Waals surface area contributed by atoms with Crippen LogP contribution in [0.4, 0.5) is 11.4 Å². The summed E-state index contributed by atoms with van der Waals surface area (Å²) in [5, 5.41) is 22.6. The van der Waals surface area contributed by atoms with Crippen LogP contribution in [0.5, 0.6) is 17.2 Å². The van der Waals surface area contributed by atoms with Gasteiger partial charge in [0.05, 0.1) is 29.1 Å². The Bertz CT molecular complexity index is 1080. The van der Waals surface area contributed by atoms with Gasteiger partial charge in [-0.15, -0.1) is 0 Å². The van der Waals surface area contributed by atoms with Gasteiger partial charge in [-0.2, -0.15) is 0 Å². The fourth-order valence-corrected chi connectivity index (χ4v) is 5.48. The van der Waals surface area contributed by atoms with Gasteiger partial charge in [-0.05, 0) is 36.6 Å². The quantitative estimate of drug-likeness (QED) is 0.0492. The maximum Gasteiger partial charge on any atom is 0.317 e. The molecule has 0 aliphatic carbocycles. The van der Waals surface area contributed by atoms with E-state index in [1.165, 1.54) is 115 Å². The molecule has 0 saturated carbocycles. The Morgan fingerprint density at radius 3 is 1.37 bits per heavy atom. The van der Waals surface area contributed by atoms with Crippen LogP contribution < -0.4 is 14.2 Å². The SMILES string of the molecule is CCCCCCCCCCCCOc1cc(COc2ccc([N+](=O)[O-])cc2[N+](=O)[O-])cc(OCCCCCCCCCCCC)c1. The van der Waals surface area contributed by atoms with Crippen molar-refractivity contribution in [3.05, 3.63) is 62.2 Å². The Labute approximate surface area is 276 Å². The Kier molecular flexibility index (Phi) is 20.9. The summed E-state index contributed by atoms with van der Waals surface area (Å²) in [6, 6.07) is 9.01. The summed E-state index contributed by atoms with van der Waals surface area (Å²) < 4.78 is 18.0.